The second-order valence-corrected chi connectivity index (χ2v) is 11.2. The lowest BCUT2D eigenvalue weighted by atomic mass is 9.71. The first-order valence-electron chi connectivity index (χ1n) is 10.4. The average Bonchev–Trinajstić information content (AvgIpc) is 3.02. The zero-order chi connectivity index (χ0) is 19.0. The average molecular weight is 405 g/mol. The Morgan fingerprint density at radius 1 is 1.22 bits per heavy atom. The molecule has 1 aromatic heterocycles. The molecule has 4 rings (SSSR count). The number of aliphatic hydroxyl groups is 1. The lowest BCUT2D eigenvalue weighted by molar-refractivity contribution is -0.0106. The van der Waals surface area contributed by atoms with E-state index in [0.717, 1.165) is 31.0 Å². The minimum absolute atomic E-state index is 0.236. The maximum absolute atomic E-state index is 10.5. The van der Waals surface area contributed by atoms with E-state index >= 15 is 0 Å². The zero-order valence-electron chi connectivity index (χ0n) is 16.6. The largest absolute Gasteiger partial charge is 0.393 e. The molecule has 0 radical (unpaired) electrons. The fourth-order valence-electron chi connectivity index (χ4n) is 5.18. The molecule has 0 spiro atoms. The first-order chi connectivity index (χ1) is 13.1. The molecule has 1 aromatic carbocycles. The molecule has 148 valence electrons. The van der Waals surface area contributed by atoms with E-state index in [4.69, 9.17) is 0 Å². The van der Waals surface area contributed by atoms with Crippen LogP contribution in [0, 0.1) is 11.8 Å². The van der Waals surface area contributed by atoms with E-state index in [1.54, 1.807) is 0 Å². The summed E-state index contributed by atoms with van der Waals surface area (Å²) in [4.78, 5) is 6.41. The summed E-state index contributed by atoms with van der Waals surface area (Å²) in [5.74, 6) is 3.29. The maximum atomic E-state index is 10.5. The minimum atomic E-state index is -0.236. The van der Waals surface area contributed by atoms with Gasteiger partial charge in [-0.15, -0.1) is 23.5 Å². The van der Waals surface area contributed by atoms with E-state index in [2.05, 4.69) is 71.5 Å². The Morgan fingerprint density at radius 3 is 2.67 bits per heavy atom. The molecule has 0 amide bonds. The number of thioether (sulfide) groups is 2. The van der Waals surface area contributed by atoms with Crippen LogP contribution in [-0.4, -0.2) is 50.3 Å². The SMILES string of the molecule is CCSC(CN1CC([C@H](C)O)[C@@H]2Cc3[nH]c4ccccc4c3[C@H]1C2)SCC. The molecule has 2 N–H and O–H groups in total. The fourth-order valence-corrected chi connectivity index (χ4v) is 7.72. The molecule has 1 fully saturated rings. The molecule has 1 aliphatic heterocycles. The van der Waals surface area contributed by atoms with Crippen LogP contribution in [0.1, 0.15) is 44.5 Å². The standard InChI is InChI=1S/C22H32N2OS2/c1-4-26-21(27-5-2)13-24-12-17(14(3)25)15-10-19-22(20(24)11-15)16-8-6-7-9-18(16)23-19/h6-9,14-15,17,20-21,23,25H,4-5,10-13H2,1-3H3/t14-,15+,17?,20+/m0/s1. The van der Waals surface area contributed by atoms with Gasteiger partial charge in [0.15, 0.2) is 0 Å². The highest BCUT2D eigenvalue weighted by molar-refractivity contribution is 8.17. The number of aromatic amines is 1. The molecule has 1 saturated heterocycles. The minimum Gasteiger partial charge on any atom is -0.393 e. The van der Waals surface area contributed by atoms with Crippen molar-refractivity contribution >= 4 is 34.4 Å². The monoisotopic (exact) mass is 404 g/mol. The summed E-state index contributed by atoms with van der Waals surface area (Å²) in [6.07, 6.45) is 2.03. The molecular formula is C22H32N2OS2. The molecule has 2 aromatic rings. The van der Waals surface area contributed by atoms with E-state index in [0.29, 0.717) is 22.5 Å². The third-order valence-corrected chi connectivity index (χ3v) is 8.88. The second-order valence-electron chi connectivity index (χ2n) is 7.98. The summed E-state index contributed by atoms with van der Waals surface area (Å²) in [6.45, 7) is 8.64. The zero-order valence-corrected chi connectivity index (χ0v) is 18.3. The Bertz CT molecular complexity index is 769. The van der Waals surface area contributed by atoms with Crippen LogP contribution in [0.4, 0.5) is 0 Å². The van der Waals surface area contributed by atoms with Crippen LogP contribution in [0.2, 0.25) is 0 Å². The van der Waals surface area contributed by atoms with Gasteiger partial charge >= 0.3 is 0 Å². The van der Waals surface area contributed by atoms with Gasteiger partial charge in [-0.25, -0.2) is 0 Å². The lowest BCUT2D eigenvalue weighted by Crippen LogP contribution is -2.50. The van der Waals surface area contributed by atoms with Gasteiger partial charge in [0.25, 0.3) is 0 Å². The van der Waals surface area contributed by atoms with Crippen molar-refractivity contribution < 1.29 is 5.11 Å². The molecule has 0 saturated carbocycles. The number of rotatable bonds is 7. The van der Waals surface area contributed by atoms with Gasteiger partial charge < -0.3 is 10.1 Å². The number of benzene rings is 1. The van der Waals surface area contributed by atoms with Gasteiger partial charge in [0.2, 0.25) is 0 Å². The third kappa shape index (κ3) is 3.81. The highest BCUT2D eigenvalue weighted by atomic mass is 32.2. The van der Waals surface area contributed by atoms with Gasteiger partial charge in [-0.2, -0.15) is 0 Å². The summed E-state index contributed by atoms with van der Waals surface area (Å²) in [5.41, 5.74) is 4.22. The van der Waals surface area contributed by atoms with Crippen molar-refractivity contribution in [2.24, 2.45) is 11.8 Å². The highest BCUT2D eigenvalue weighted by Gasteiger charge is 2.44. The summed E-state index contributed by atoms with van der Waals surface area (Å²) in [7, 11) is 0. The number of fused-ring (bicyclic) bond motifs is 6. The number of nitrogens with one attached hydrogen (secondary N) is 1. The van der Waals surface area contributed by atoms with Gasteiger partial charge in [-0.3, -0.25) is 4.90 Å². The number of piperidine rings is 1. The van der Waals surface area contributed by atoms with Gasteiger partial charge in [0.1, 0.15) is 0 Å². The van der Waals surface area contributed by atoms with E-state index in [1.165, 1.54) is 28.6 Å². The van der Waals surface area contributed by atoms with Crippen LogP contribution in [0.5, 0.6) is 0 Å². The first-order valence-corrected chi connectivity index (χ1v) is 12.5. The van der Waals surface area contributed by atoms with Crippen LogP contribution in [0.25, 0.3) is 10.9 Å². The number of aliphatic hydroxyl groups excluding tert-OH is 1. The summed E-state index contributed by atoms with van der Waals surface area (Å²) >= 11 is 4.15. The quantitative estimate of drug-likeness (QED) is 0.643. The Morgan fingerprint density at radius 2 is 1.96 bits per heavy atom. The Balaban J connectivity index is 1.70. The fraction of sp³-hybridized carbons (Fsp3) is 0.636. The lowest BCUT2D eigenvalue weighted by Gasteiger charge is -2.49. The molecule has 3 nitrogen and oxygen atoms in total. The van der Waals surface area contributed by atoms with Crippen molar-refractivity contribution in [3.8, 4) is 0 Å². The number of para-hydroxylation sites is 1. The Kier molecular flexibility index (Phi) is 6.12. The van der Waals surface area contributed by atoms with Gasteiger partial charge in [0.05, 0.1) is 10.7 Å². The van der Waals surface area contributed by atoms with Gasteiger partial charge in [-0.1, -0.05) is 32.0 Å². The second kappa shape index (κ2) is 8.40. The number of hydrogen-bond acceptors (Lipinski definition) is 4. The summed E-state index contributed by atoms with van der Waals surface area (Å²) in [6, 6.07) is 9.26. The van der Waals surface area contributed by atoms with Crippen molar-refractivity contribution in [1.82, 2.24) is 9.88 Å². The molecule has 1 aliphatic carbocycles. The predicted octanol–water partition coefficient (Wildman–Crippen LogP) is 4.92. The van der Waals surface area contributed by atoms with Gasteiger partial charge in [0, 0.05) is 41.6 Å². The summed E-state index contributed by atoms with van der Waals surface area (Å²) in [5, 5.41) is 11.9. The van der Waals surface area contributed by atoms with Crippen molar-refractivity contribution in [2.45, 2.75) is 50.3 Å². The molecular weight excluding hydrogens is 372 g/mol. The Hall–Kier alpha value is -0.620. The molecule has 2 aliphatic rings. The molecule has 4 atom stereocenters. The number of nitrogens with zero attached hydrogens (tertiary/aromatic N) is 1. The Labute approximate surface area is 171 Å². The third-order valence-electron chi connectivity index (χ3n) is 6.35. The molecule has 5 heteroatoms. The maximum Gasteiger partial charge on any atom is 0.0629 e. The van der Waals surface area contributed by atoms with Crippen molar-refractivity contribution in [1.29, 1.82) is 0 Å². The normalized spacial score (nSPS) is 26.5. The number of aromatic nitrogens is 1. The molecule has 1 unspecified atom stereocenters. The van der Waals surface area contributed by atoms with Crippen LogP contribution in [-0.2, 0) is 6.42 Å². The molecule has 2 bridgehead atoms. The van der Waals surface area contributed by atoms with Crippen molar-refractivity contribution in [3.63, 3.8) is 0 Å². The van der Waals surface area contributed by atoms with Crippen LogP contribution < -0.4 is 0 Å². The van der Waals surface area contributed by atoms with E-state index in [9.17, 15) is 5.11 Å². The first kappa shape index (κ1) is 19.7. The van der Waals surface area contributed by atoms with E-state index in [1.807, 2.05) is 6.92 Å². The summed E-state index contributed by atoms with van der Waals surface area (Å²) < 4.78 is 0.613. The highest BCUT2D eigenvalue weighted by Crippen LogP contribution is 2.48. The van der Waals surface area contributed by atoms with Gasteiger partial charge in [-0.05, 0) is 48.8 Å². The van der Waals surface area contributed by atoms with Crippen LogP contribution in [0.3, 0.4) is 0 Å². The van der Waals surface area contributed by atoms with E-state index in [-0.39, 0.29) is 6.10 Å². The number of H-pyrrole nitrogens is 1. The molecule has 2 heterocycles. The van der Waals surface area contributed by atoms with E-state index < -0.39 is 0 Å². The van der Waals surface area contributed by atoms with Crippen molar-refractivity contribution in [2.75, 3.05) is 24.6 Å². The van der Waals surface area contributed by atoms with Crippen LogP contribution in [0.15, 0.2) is 24.3 Å². The topological polar surface area (TPSA) is 39.3 Å². The molecule has 27 heavy (non-hydrogen) atoms. The van der Waals surface area contributed by atoms with Crippen molar-refractivity contribution in [3.05, 3.63) is 35.5 Å². The smallest absolute Gasteiger partial charge is 0.0629 e. The number of likely N-dealkylation sites (tertiary alicyclic amines) is 1. The van der Waals surface area contributed by atoms with Crippen LogP contribution >= 0.6 is 23.5 Å². The predicted molar refractivity (Wildman–Crippen MR) is 120 cm³/mol. The number of hydrogen-bond donors (Lipinski definition) is 2.